The molecule has 0 spiro atoms. The van der Waals surface area contributed by atoms with E-state index in [1.54, 1.807) is 12.1 Å². The van der Waals surface area contributed by atoms with E-state index in [0.29, 0.717) is 19.6 Å². The maximum Gasteiger partial charge on any atom is 0.325 e. The van der Waals surface area contributed by atoms with Gasteiger partial charge in [0.15, 0.2) is 0 Å². The smallest absolute Gasteiger partial charge is 0.325 e. The monoisotopic (exact) mass is 434 g/mol. The van der Waals surface area contributed by atoms with Crippen LogP contribution in [0.2, 0.25) is 0 Å². The molecule has 3 aliphatic heterocycles. The minimum Gasteiger partial charge on any atom is -0.342 e. The van der Waals surface area contributed by atoms with Gasteiger partial charge in [0.2, 0.25) is 5.91 Å². The number of amides is 4. The second-order valence-corrected chi connectivity index (χ2v) is 8.95. The van der Waals surface area contributed by atoms with Gasteiger partial charge in [0, 0.05) is 43.7 Å². The number of hydrogen-bond donors (Lipinski definition) is 1. The largest absolute Gasteiger partial charge is 0.342 e. The Morgan fingerprint density at radius 2 is 1.78 bits per heavy atom. The Labute approximate surface area is 185 Å². The van der Waals surface area contributed by atoms with Crippen molar-refractivity contribution < 1.29 is 14.4 Å². The topological polar surface area (TPSA) is 91.7 Å². The summed E-state index contributed by atoms with van der Waals surface area (Å²) in [4.78, 5) is 53.2. The molecule has 8 nitrogen and oxygen atoms in total. The van der Waals surface area contributed by atoms with Gasteiger partial charge in [-0.05, 0) is 30.4 Å². The summed E-state index contributed by atoms with van der Waals surface area (Å²) in [7, 11) is 0. The summed E-state index contributed by atoms with van der Waals surface area (Å²) in [6.45, 7) is 2.08. The summed E-state index contributed by atoms with van der Waals surface area (Å²) in [5, 5.41) is 2.72. The normalized spacial score (nSPS) is 24.3. The number of aromatic nitrogens is 1. The van der Waals surface area contributed by atoms with Crippen LogP contribution in [-0.2, 0) is 22.7 Å². The van der Waals surface area contributed by atoms with Crippen molar-refractivity contribution in [3.8, 4) is 0 Å². The van der Waals surface area contributed by atoms with Gasteiger partial charge >= 0.3 is 6.03 Å². The van der Waals surface area contributed by atoms with Gasteiger partial charge in [-0.1, -0.05) is 36.4 Å². The molecule has 1 aromatic carbocycles. The molecule has 4 amide bonds. The first-order valence-electron chi connectivity index (χ1n) is 11.1. The minimum atomic E-state index is -0.668. The van der Waals surface area contributed by atoms with Gasteiger partial charge in [-0.15, -0.1) is 0 Å². The minimum absolute atomic E-state index is 0.00464. The Kier molecular flexibility index (Phi) is 5.28. The summed E-state index contributed by atoms with van der Waals surface area (Å²) in [5.41, 5.74) is 1.90. The first-order valence-corrected chi connectivity index (χ1v) is 11.1. The lowest BCUT2D eigenvalue weighted by Crippen LogP contribution is -2.49. The van der Waals surface area contributed by atoms with Crippen molar-refractivity contribution >= 4 is 17.8 Å². The predicted octanol–water partition coefficient (Wildman–Crippen LogP) is 1.69. The number of carbonyl (C=O) groups excluding carboxylic acids is 3. The SMILES string of the molecule is O=C(CCC1NC(=O)N(Cc2ccccc2)C1=O)N1C[C@H]2C[C@@H](C1)c1cccc(=O)n1C2. The van der Waals surface area contributed by atoms with Crippen molar-refractivity contribution in [1.29, 1.82) is 0 Å². The third-order valence-corrected chi connectivity index (χ3v) is 6.77. The average molecular weight is 434 g/mol. The van der Waals surface area contributed by atoms with E-state index in [4.69, 9.17) is 0 Å². The Morgan fingerprint density at radius 1 is 0.969 bits per heavy atom. The van der Waals surface area contributed by atoms with Gasteiger partial charge in [-0.3, -0.25) is 19.3 Å². The van der Waals surface area contributed by atoms with Gasteiger partial charge in [0.1, 0.15) is 6.04 Å². The van der Waals surface area contributed by atoms with E-state index >= 15 is 0 Å². The van der Waals surface area contributed by atoms with Crippen LogP contribution in [0.4, 0.5) is 4.79 Å². The van der Waals surface area contributed by atoms with E-state index in [-0.39, 0.29) is 48.6 Å². The first-order chi connectivity index (χ1) is 15.5. The van der Waals surface area contributed by atoms with Crippen LogP contribution in [0, 0.1) is 5.92 Å². The van der Waals surface area contributed by atoms with E-state index in [1.165, 1.54) is 4.90 Å². The molecule has 1 unspecified atom stereocenters. The van der Waals surface area contributed by atoms with Crippen molar-refractivity contribution in [2.75, 3.05) is 13.1 Å². The number of imide groups is 1. The maximum absolute atomic E-state index is 12.9. The van der Waals surface area contributed by atoms with Gasteiger partial charge in [-0.25, -0.2) is 4.79 Å². The average Bonchev–Trinajstić information content (AvgIpc) is 3.06. The molecule has 3 atom stereocenters. The zero-order valence-electron chi connectivity index (χ0n) is 17.8. The first kappa shape index (κ1) is 20.5. The number of rotatable bonds is 5. The molecule has 0 aliphatic carbocycles. The third-order valence-electron chi connectivity index (χ3n) is 6.77. The van der Waals surface area contributed by atoms with Crippen LogP contribution < -0.4 is 10.9 Å². The molecular weight excluding hydrogens is 408 g/mol. The molecule has 8 heteroatoms. The van der Waals surface area contributed by atoms with Crippen molar-refractivity contribution in [1.82, 2.24) is 19.7 Å². The fourth-order valence-corrected chi connectivity index (χ4v) is 5.21. The fraction of sp³-hybridized carbons (Fsp3) is 0.417. The van der Waals surface area contributed by atoms with Crippen LogP contribution in [0.15, 0.2) is 53.3 Å². The maximum atomic E-state index is 12.9. The second kappa shape index (κ2) is 8.26. The fourth-order valence-electron chi connectivity index (χ4n) is 5.21. The number of nitrogens with one attached hydrogen (secondary N) is 1. The Bertz CT molecular complexity index is 1110. The van der Waals surface area contributed by atoms with Crippen LogP contribution in [0.5, 0.6) is 0 Å². The molecule has 0 saturated carbocycles. The number of fused-ring (bicyclic) bond motifs is 4. The van der Waals surface area contributed by atoms with Crippen LogP contribution in [-0.4, -0.2) is 51.3 Å². The molecule has 2 bridgehead atoms. The number of hydrogen-bond acceptors (Lipinski definition) is 4. The van der Waals surface area contributed by atoms with Gasteiger partial charge < -0.3 is 14.8 Å². The quantitative estimate of drug-likeness (QED) is 0.725. The lowest BCUT2D eigenvalue weighted by Gasteiger charge is -2.42. The summed E-state index contributed by atoms with van der Waals surface area (Å²) in [5.74, 6) is 0.138. The van der Waals surface area contributed by atoms with E-state index in [9.17, 15) is 19.2 Å². The number of urea groups is 1. The summed E-state index contributed by atoms with van der Waals surface area (Å²) >= 11 is 0. The molecule has 0 radical (unpaired) electrons. The molecule has 5 rings (SSSR count). The molecule has 1 N–H and O–H groups in total. The summed E-state index contributed by atoms with van der Waals surface area (Å²) in [6, 6.07) is 13.6. The molecular formula is C24H26N4O4. The lowest BCUT2D eigenvalue weighted by atomic mass is 9.83. The standard InChI is InChI=1S/C24H26N4O4/c29-21(26-12-17-11-18(15-26)20-7-4-8-22(30)27(20)14-17)10-9-19-23(31)28(24(32)25-19)13-16-5-2-1-3-6-16/h1-8,17-19H,9-15H2,(H,25,32)/t17-,18+,19?/m1/s1. The van der Waals surface area contributed by atoms with Gasteiger partial charge in [0.05, 0.1) is 6.54 Å². The van der Waals surface area contributed by atoms with Crippen molar-refractivity contribution in [2.45, 2.75) is 44.3 Å². The van der Waals surface area contributed by atoms with Gasteiger partial charge in [0.25, 0.3) is 11.5 Å². The highest BCUT2D eigenvalue weighted by molar-refractivity contribution is 6.04. The number of likely N-dealkylation sites (tertiary alicyclic amines) is 1. The summed E-state index contributed by atoms with van der Waals surface area (Å²) < 4.78 is 1.84. The van der Waals surface area contributed by atoms with Crippen LogP contribution in [0.3, 0.4) is 0 Å². The number of nitrogens with zero attached hydrogens (tertiary/aromatic N) is 3. The molecule has 2 fully saturated rings. The van der Waals surface area contributed by atoms with Crippen LogP contribution in [0.25, 0.3) is 0 Å². The zero-order valence-corrected chi connectivity index (χ0v) is 17.8. The van der Waals surface area contributed by atoms with Crippen molar-refractivity contribution in [2.24, 2.45) is 5.92 Å². The third kappa shape index (κ3) is 3.81. The number of carbonyl (C=O) groups is 3. The van der Waals surface area contributed by atoms with Crippen molar-refractivity contribution in [3.63, 3.8) is 0 Å². The molecule has 166 valence electrons. The highest BCUT2D eigenvalue weighted by atomic mass is 16.2. The second-order valence-electron chi connectivity index (χ2n) is 8.95. The van der Waals surface area contributed by atoms with Crippen LogP contribution >= 0.6 is 0 Å². The van der Waals surface area contributed by atoms with E-state index in [2.05, 4.69) is 5.32 Å². The Morgan fingerprint density at radius 3 is 2.59 bits per heavy atom. The lowest BCUT2D eigenvalue weighted by molar-refractivity contribution is -0.134. The van der Waals surface area contributed by atoms with Gasteiger partial charge in [-0.2, -0.15) is 0 Å². The Balaban J connectivity index is 1.19. The molecule has 1 aromatic heterocycles. The number of benzene rings is 1. The van der Waals surface area contributed by atoms with Crippen LogP contribution in [0.1, 0.15) is 36.4 Å². The summed E-state index contributed by atoms with van der Waals surface area (Å²) in [6.07, 6.45) is 1.48. The highest BCUT2D eigenvalue weighted by Crippen LogP contribution is 2.35. The van der Waals surface area contributed by atoms with E-state index in [1.807, 2.05) is 45.9 Å². The predicted molar refractivity (Wildman–Crippen MR) is 117 cm³/mol. The van der Waals surface area contributed by atoms with E-state index in [0.717, 1.165) is 17.7 Å². The molecule has 2 aromatic rings. The molecule has 32 heavy (non-hydrogen) atoms. The molecule has 3 aliphatic rings. The number of pyridine rings is 1. The van der Waals surface area contributed by atoms with E-state index < -0.39 is 12.1 Å². The highest BCUT2D eigenvalue weighted by Gasteiger charge is 2.39. The number of piperidine rings is 1. The zero-order chi connectivity index (χ0) is 22.2. The Hall–Kier alpha value is -3.42. The van der Waals surface area contributed by atoms with Crippen molar-refractivity contribution in [3.05, 3.63) is 70.1 Å². The molecule has 4 heterocycles. The molecule has 2 saturated heterocycles.